The SMILES string of the molecule is O=C1c2ccccc2C(=O)N1CCSCCNCCSP(=O)([O-])O.[Na+]. The van der Waals surface area contributed by atoms with Crippen LogP contribution in [-0.4, -0.2) is 58.5 Å². The van der Waals surface area contributed by atoms with Crippen molar-refractivity contribution in [2.45, 2.75) is 0 Å². The van der Waals surface area contributed by atoms with Gasteiger partial charge in [0.15, 0.2) is 6.80 Å². The van der Waals surface area contributed by atoms with E-state index in [1.807, 2.05) is 0 Å². The Bertz CT molecular complexity index is 623. The second-order valence-corrected chi connectivity index (χ2v) is 9.96. The minimum Gasteiger partial charge on any atom is -0.770 e. The Morgan fingerprint density at radius 3 is 2.20 bits per heavy atom. The number of carbonyl (C=O) groups excluding carboxylic acids is 2. The number of hydrogen-bond acceptors (Lipinski definition) is 7. The minimum atomic E-state index is -4.23. The molecule has 1 unspecified atom stereocenters. The van der Waals surface area contributed by atoms with Crippen molar-refractivity contribution in [1.82, 2.24) is 10.2 Å². The number of fused-ring (bicyclic) bond motifs is 1. The van der Waals surface area contributed by atoms with Gasteiger partial charge in [-0.2, -0.15) is 11.8 Å². The van der Waals surface area contributed by atoms with Crippen molar-refractivity contribution in [1.29, 1.82) is 0 Å². The van der Waals surface area contributed by atoms with E-state index in [9.17, 15) is 19.0 Å². The van der Waals surface area contributed by atoms with E-state index >= 15 is 0 Å². The predicted octanol–water partition coefficient (Wildman–Crippen LogP) is -2.20. The number of hydrogen-bond donors (Lipinski definition) is 2. The Hall–Kier alpha value is 0.170. The molecule has 0 spiro atoms. The molecule has 0 aliphatic carbocycles. The molecule has 11 heteroatoms. The summed E-state index contributed by atoms with van der Waals surface area (Å²) in [4.78, 5) is 44.6. The second-order valence-electron chi connectivity index (χ2n) is 4.97. The Morgan fingerprint density at radius 2 is 1.64 bits per heavy atom. The molecule has 0 fully saturated rings. The third kappa shape index (κ3) is 7.36. The maximum absolute atomic E-state index is 12.1. The van der Waals surface area contributed by atoms with Crippen molar-refractivity contribution in [3.05, 3.63) is 35.4 Å². The van der Waals surface area contributed by atoms with Crippen LogP contribution in [0.4, 0.5) is 0 Å². The van der Waals surface area contributed by atoms with Crippen LogP contribution in [0.1, 0.15) is 20.7 Å². The number of carbonyl (C=O) groups is 2. The van der Waals surface area contributed by atoms with Crippen molar-refractivity contribution < 1.29 is 53.5 Å². The number of imide groups is 1. The third-order valence-corrected chi connectivity index (χ3v) is 6.50. The molecule has 0 radical (unpaired) electrons. The maximum atomic E-state index is 12.1. The fourth-order valence-corrected chi connectivity index (χ4v) is 4.44. The van der Waals surface area contributed by atoms with Crippen LogP contribution in [0.5, 0.6) is 0 Å². The smallest absolute Gasteiger partial charge is 0.770 e. The van der Waals surface area contributed by atoms with Gasteiger partial charge < -0.3 is 15.1 Å². The zero-order valence-corrected chi connectivity index (χ0v) is 18.4. The summed E-state index contributed by atoms with van der Waals surface area (Å²) >= 11 is 2.12. The van der Waals surface area contributed by atoms with Gasteiger partial charge in [0.1, 0.15) is 0 Å². The van der Waals surface area contributed by atoms with Gasteiger partial charge in [-0.1, -0.05) is 23.5 Å². The van der Waals surface area contributed by atoms with E-state index in [0.29, 0.717) is 47.9 Å². The molecule has 132 valence electrons. The maximum Gasteiger partial charge on any atom is 1.00 e. The molecule has 2 rings (SSSR count). The molecule has 2 N–H and O–H groups in total. The molecule has 25 heavy (non-hydrogen) atoms. The van der Waals surface area contributed by atoms with Crippen molar-refractivity contribution >= 4 is 41.8 Å². The molecular formula is C14H18N2NaO5PS2. The zero-order valence-electron chi connectivity index (χ0n) is 13.8. The average Bonchev–Trinajstić information content (AvgIpc) is 2.77. The van der Waals surface area contributed by atoms with Crippen LogP contribution >= 0.6 is 29.9 Å². The van der Waals surface area contributed by atoms with Gasteiger partial charge >= 0.3 is 29.6 Å². The van der Waals surface area contributed by atoms with Gasteiger partial charge in [-0.05, 0) is 12.1 Å². The largest absolute Gasteiger partial charge is 1.00 e. The van der Waals surface area contributed by atoms with Crippen molar-refractivity contribution in [3.63, 3.8) is 0 Å². The second kappa shape index (κ2) is 11.1. The molecule has 1 aromatic rings. The molecule has 1 aromatic carbocycles. The van der Waals surface area contributed by atoms with E-state index < -0.39 is 6.80 Å². The molecule has 0 saturated heterocycles. The first kappa shape index (κ1) is 23.2. The third-order valence-electron chi connectivity index (χ3n) is 3.29. The summed E-state index contributed by atoms with van der Waals surface area (Å²) < 4.78 is 10.5. The summed E-state index contributed by atoms with van der Waals surface area (Å²) in [5.74, 6) is 1.24. The Kier molecular flexibility index (Phi) is 10.3. The minimum absolute atomic E-state index is 0. The molecule has 0 aromatic heterocycles. The van der Waals surface area contributed by atoms with Gasteiger partial charge in [0.05, 0.1) is 11.1 Å². The first-order chi connectivity index (χ1) is 11.4. The number of nitrogens with one attached hydrogen (secondary N) is 1. The summed E-state index contributed by atoms with van der Waals surface area (Å²) in [6.07, 6.45) is 0. The van der Waals surface area contributed by atoms with Crippen molar-refractivity contribution in [2.24, 2.45) is 0 Å². The van der Waals surface area contributed by atoms with Crippen LogP contribution in [0.2, 0.25) is 0 Å². The molecular weight excluding hydrogens is 394 g/mol. The van der Waals surface area contributed by atoms with E-state index in [1.165, 1.54) is 4.90 Å². The van der Waals surface area contributed by atoms with E-state index in [2.05, 4.69) is 5.32 Å². The van der Waals surface area contributed by atoms with Crippen LogP contribution in [0.25, 0.3) is 0 Å². The molecule has 7 nitrogen and oxygen atoms in total. The van der Waals surface area contributed by atoms with Crippen LogP contribution in [0.15, 0.2) is 24.3 Å². The fourth-order valence-electron chi connectivity index (χ4n) is 2.20. The molecule has 1 heterocycles. The number of amides is 2. The Labute approximate surface area is 176 Å². The molecule has 0 saturated carbocycles. The molecule has 1 atom stereocenters. The normalized spacial score (nSPS) is 15.7. The van der Waals surface area contributed by atoms with E-state index in [1.54, 1.807) is 36.0 Å². The zero-order chi connectivity index (χ0) is 17.6. The monoisotopic (exact) mass is 412 g/mol. The summed E-state index contributed by atoms with van der Waals surface area (Å²) in [6, 6.07) is 6.82. The van der Waals surface area contributed by atoms with Crippen LogP contribution in [0.3, 0.4) is 0 Å². The summed E-state index contributed by atoms with van der Waals surface area (Å²) in [5.41, 5.74) is 0.928. The molecule has 1 aliphatic rings. The van der Waals surface area contributed by atoms with Crippen molar-refractivity contribution in [2.75, 3.05) is 36.9 Å². The van der Waals surface area contributed by atoms with Crippen LogP contribution in [0, 0.1) is 0 Å². The summed E-state index contributed by atoms with van der Waals surface area (Å²) in [5, 5.41) is 3.06. The predicted molar refractivity (Wildman–Crippen MR) is 94.3 cm³/mol. The first-order valence-corrected chi connectivity index (χ1v) is 11.6. The van der Waals surface area contributed by atoms with Gasteiger partial charge in [-0.15, -0.1) is 0 Å². The van der Waals surface area contributed by atoms with Gasteiger partial charge in [0, 0.05) is 36.9 Å². The standard InChI is InChI=1S/C14H19N2O5PS2.Na/c17-13-11-3-1-2-4-12(11)14(18)16(13)7-10-23-8-5-15-6-9-24-22(19,20)21;/h1-4,15H,5-10H2,(H2,19,20,21);/q;+1/p-1. The van der Waals surface area contributed by atoms with Crippen molar-refractivity contribution in [3.8, 4) is 0 Å². The van der Waals surface area contributed by atoms with E-state index in [0.717, 1.165) is 5.75 Å². The summed E-state index contributed by atoms with van der Waals surface area (Å²) in [6.45, 7) is -2.69. The first-order valence-electron chi connectivity index (χ1n) is 7.32. The van der Waals surface area contributed by atoms with Crippen LogP contribution < -0.4 is 39.8 Å². The van der Waals surface area contributed by atoms with Gasteiger partial charge in [0.25, 0.3) is 11.8 Å². The average molecular weight is 412 g/mol. The topological polar surface area (TPSA) is 110 Å². The fraction of sp³-hybridized carbons (Fsp3) is 0.429. The van der Waals surface area contributed by atoms with Gasteiger partial charge in [-0.25, -0.2) is 0 Å². The molecule has 0 bridgehead atoms. The van der Waals surface area contributed by atoms with Crippen LogP contribution in [-0.2, 0) is 4.57 Å². The number of rotatable bonds is 10. The van der Waals surface area contributed by atoms with E-state index in [4.69, 9.17) is 4.89 Å². The quantitative estimate of drug-likeness (QED) is 0.193. The van der Waals surface area contributed by atoms with Gasteiger partial charge in [0.2, 0.25) is 0 Å². The summed E-state index contributed by atoms with van der Waals surface area (Å²) in [7, 11) is 0. The molecule has 1 aliphatic heterocycles. The number of thioether (sulfide) groups is 1. The number of nitrogens with zero attached hydrogens (tertiary/aromatic N) is 1. The molecule has 2 amide bonds. The number of benzene rings is 1. The van der Waals surface area contributed by atoms with Gasteiger partial charge in [-0.3, -0.25) is 19.1 Å². The van der Waals surface area contributed by atoms with E-state index in [-0.39, 0.29) is 47.1 Å². The Balaban J connectivity index is 0.00000312. The Morgan fingerprint density at radius 1 is 1.08 bits per heavy atom.